The molecule has 1 aromatic carbocycles. The summed E-state index contributed by atoms with van der Waals surface area (Å²) in [4.78, 5) is 24.0. The number of methoxy groups -OCH3 is 2. The highest BCUT2D eigenvalue weighted by molar-refractivity contribution is 5.97. The van der Waals surface area contributed by atoms with Crippen LogP contribution in [-0.4, -0.2) is 26.1 Å². The minimum Gasteiger partial charge on any atom is -0.550 e. The van der Waals surface area contributed by atoms with Gasteiger partial charge in [-0.3, -0.25) is 4.79 Å². The molecule has 1 N–H and O–H groups in total. The highest BCUT2D eigenvalue weighted by Gasteiger charge is 2.48. The second-order valence-corrected chi connectivity index (χ2v) is 5.87. The molecule has 2 bridgehead atoms. The third kappa shape index (κ3) is 2.65. The standard InChI is InChI=1S/C17H19NO5/c1-22-11-5-6-12(13(8-11)23-2)18-16(19)14-9-3-4-10(7-9)15(14)17(20)21/h3-6,8-10,14-15H,7H2,1-2H3,(H,18,19)(H,20,21)/p-1/t9-,10-,14+,15-/m0/s1. The van der Waals surface area contributed by atoms with Crippen LogP contribution < -0.4 is 19.9 Å². The zero-order valence-corrected chi connectivity index (χ0v) is 12.9. The number of anilines is 1. The largest absolute Gasteiger partial charge is 0.550 e. The fraction of sp³-hybridized carbons (Fsp3) is 0.412. The van der Waals surface area contributed by atoms with Gasteiger partial charge in [-0.25, -0.2) is 0 Å². The minimum absolute atomic E-state index is 0.0489. The number of amides is 1. The Bertz CT molecular complexity index is 669. The van der Waals surface area contributed by atoms with Crippen molar-refractivity contribution in [1.29, 1.82) is 0 Å². The van der Waals surface area contributed by atoms with E-state index in [1.54, 1.807) is 25.3 Å². The molecule has 122 valence electrons. The summed E-state index contributed by atoms with van der Waals surface area (Å²) >= 11 is 0. The smallest absolute Gasteiger partial charge is 0.228 e. The van der Waals surface area contributed by atoms with Gasteiger partial charge in [-0.1, -0.05) is 12.2 Å². The van der Waals surface area contributed by atoms with Crippen LogP contribution in [0.5, 0.6) is 11.5 Å². The lowest BCUT2D eigenvalue weighted by Crippen LogP contribution is -2.42. The van der Waals surface area contributed by atoms with Crippen molar-refractivity contribution in [3.05, 3.63) is 30.4 Å². The van der Waals surface area contributed by atoms with Crippen LogP contribution in [-0.2, 0) is 9.59 Å². The van der Waals surface area contributed by atoms with Gasteiger partial charge in [0.25, 0.3) is 0 Å². The minimum atomic E-state index is -1.16. The maximum absolute atomic E-state index is 12.6. The number of allylic oxidation sites excluding steroid dienone is 2. The van der Waals surface area contributed by atoms with Crippen LogP contribution in [0, 0.1) is 23.7 Å². The maximum Gasteiger partial charge on any atom is 0.228 e. The van der Waals surface area contributed by atoms with E-state index in [9.17, 15) is 14.7 Å². The number of carboxylic acid groups (broad SMARTS) is 1. The van der Waals surface area contributed by atoms with Crippen molar-refractivity contribution in [3.8, 4) is 11.5 Å². The van der Waals surface area contributed by atoms with Crippen molar-refractivity contribution in [2.45, 2.75) is 6.42 Å². The second kappa shape index (κ2) is 5.95. The van der Waals surface area contributed by atoms with E-state index >= 15 is 0 Å². The highest BCUT2D eigenvalue weighted by atomic mass is 16.5. The summed E-state index contributed by atoms with van der Waals surface area (Å²) in [6.07, 6.45) is 4.50. The first-order valence-corrected chi connectivity index (χ1v) is 7.47. The van der Waals surface area contributed by atoms with Crippen LogP contribution in [0.4, 0.5) is 5.69 Å². The molecule has 23 heavy (non-hydrogen) atoms. The molecule has 3 rings (SSSR count). The predicted molar refractivity (Wildman–Crippen MR) is 80.9 cm³/mol. The fourth-order valence-corrected chi connectivity index (χ4v) is 3.62. The van der Waals surface area contributed by atoms with E-state index in [-0.39, 0.29) is 17.7 Å². The predicted octanol–water partition coefficient (Wildman–Crippen LogP) is 0.830. The first kappa shape index (κ1) is 15.4. The van der Waals surface area contributed by atoms with E-state index in [2.05, 4.69) is 5.32 Å². The van der Waals surface area contributed by atoms with E-state index in [1.807, 2.05) is 12.2 Å². The lowest BCUT2D eigenvalue weighted by Gasteiger charge is -2.28. The topological polar surface area (TPSA) is 87.7 Å². The number of fused-ring (bicyclic) bond motifs is 2. The van der Waals surface area contributed by atoms with Crippen molar-refractivity contribution in [2.24, 2.45) is 23.7 Å². The molecule has 4 atom stereocenters. The van der Waals surface area contributed by atoms with Crippen LogP contribution in [0.1, 0.15) is 6.42 Å². The van der Waals surface area contributed by atoms with Gasteiger partial charge < -0.3 is 24.7 Å². The summed E-state index contributed by atoms with van der Waals surface area (Å²) in [5.74, 6) is -1.96. The monoisotopic (exact) mass is 316 g/mol. The second-order valence-electron chi connectivity index (χ2n) is 5.87. The molecule has 2 aliphatic rings. The van der Waals surface area contributed by atoms with Crippen molar-refractivity contribution in [2.75, 3.05) is 19.5 Å². The van der Waals surface area contributed by atoms with E-state index < -0.39 is 17.8 Å². The number of aliphatic carboxylic acids is 1. The van der Waals surface area contributed by atoms with Crippen LogP contribution in [0.2, 0.25) is 0 Å². The molecule has 1 saturated carbocycles. The van der Waals surface area contributed by atoms with Gasteiger partial charge in [-0.05, 0) is 30.4 Å². The first-order valence-electron chi connectivity index (χ1n) is 7.47. The van der Waals surface area contributed by atoms with Crippen molar-refractivity contribution in [1.82, 2.24) is 0 Å². The van der Waals surface area contributed by atoms with Gasteiger partial charge in [0, 0.05) is 18.0 Å². The third-order valence-corrected chi connectivity index (χ3v) is 4.70. The molecule has 0 aromatic heterocycles. The normalized spacial score (nSPS) is 27.7. The van der Waals surface area contributed by atoms with E-state index in [0.717, 1.165) is 0 Å². The number of nitrogens with one attached hydrogen (secondary N) is 1. The first-order chi connectivity index (χ1) is 11.0. The number of carbonyl (C=O) groups excluding carboxylic acids is 2. The Morgan fingerprint density at radius 2 is 1.83 bits per heavy atom. The Kier molecular flexibility index (Phi) is 3.98. The average molecular weight is 316 g/mol. The van der Waals surface area contributed by atoms with Gasteiger partial charge in [0.1, 0.15) is 11.5 Å². The summed E-state index contributed by atoms with van der Waals surface area (Å²) in [5, 5.41) is 14.2. The molecule has 0 heterocycles. The molecule has 6 nitrogen and oxygen atoms in total. The van der Waals surface area contributed by atoms with E-state index in [1.165, 1.54) is 7.11 Å². The molecule has 0 aliphatic heterocycles. The van der Waals surface area contributed by atoms with Crippen LogP contribution in [0.25, 0.3) is 0 Å². The summed E-state index contributed by atoms with van der Waals surface area (Å²) in [6.45, 7) is 0. The lowest BCUT2D eigenvalue weighted by molar-refractivity contribution is -0.313. The zero-order chi connectivity index (χ0) is 16.6. The molecule has 2 aliphatic carbocycles. The van der Waals surface area contributed by atoms with Gasteiger partial charge in [-0.2, -0.15) is 0 Å². The Morgan fingerprint density at radius 1 is 1.13 bits per heavy atom. The van der Waals surface area contributed by atoms with Crippen LogP contribution >= 0.6 is 0 Å². The van der Waals surface area contributed by atoms with Crippen molar-refractivity contribution in [3.63, 3.8) is 0 Å². The molecule has 1 fully saturated rings. The van der Waals surface area contributed by atoms with E-state index in [4.69, 9.17) is 9.47 Å². The Balaban J connectivity index is 1.82. The number of hydrogen-bond donors (Lipinski definition) is 1. The SMILES string of the molecule is COc1ccc(NC(=O)[C@H]2[C@@H](C(=O)[O-])[C@H]3C=C[C@H]2C3)c(OC)c1. The molecule has 0 unspecified atom stereocenters. The number of carboxylic acids is 1. The molecule has 0 spiro atoms. The van der Waals surface area contributed by atoms with Gasteiger partial charge in [0.05, 0.1) is 25.8 Å². The summed E-state index contributed by atoms with van der Waals surface area (Å²) < 4.78 is 10.4. The Hall–Kier alpha value is -2.50. The van der Waals surface area contributed by atoms with Gasteiger partial charge >= 0.3 is 0 Å². The summed E-state index contributed by atoms with van der Waals surface area (Å²) in [7, 11) is 3.04. The lowest BCUT2D eigenvalue weighted by atomic mass is 9.82. The average Bonchev–Trinajstić information content (AvgIpc) is 3.16. The molecule has 0 radical (unpaired) electrons. The highest BCUT2D eigenvalue weighted by Crippen LogP contribution is 2.48. The van der Waals surface area contributed by atoms with E-state index in [0.29, 0.717) is 23.6 Å². The number of carbonyl (C=O) groups is 2. The number of hydrogen-bond acceptors (Lipinski definition) is 5. The van der Waals surface area contributed by atoms with Crippen molar-refractivity contribution >= 4 is 17.6 Å². The zero-order valence-electron chi connectivity index (χ0n) is 12.9. The Labute approximate surface area is 134 Å². The summed E-state index contributed by atoms with van der Waals surface area (Å²) in [5.41, 5.74) is 0.488. The maximum atomic E-state index is 12.6. The molecular weight excluding hydrogens is 298 g/mol. The van der Waals surface area contributed by atoms with Crippen LogP contribution in [0.3, 0.4) is 0 Å². The molecule has 0 saturated heterocycles. The van der Waals surface area contributed by atoms with Gasteiger partial charge in [0.15, 0.2) is 0 Å². The molecule has 1 aromatic rings. The quantitative estimate of drug-likeness (QED) is 0.813. The Morgan fingerprint density at radius 3 is 2.43 bits per heavy atom. The van der Waals surface area contributed by atoms with Gasteiger partial charge in [-0.15, -0.1) is 0 Å². The number of benzene rings is 1. The van der Waals surface area contributed by atoms with Crippen LogP contribution in [0.15, 0.2) is 30.4 Å². The summed E-state index contributed by atoms with van der Waals surface area (Å²) in [6, 6.07) is 5.04. The number of rotatable bonds is 5. The van der Waals surface area contributed by atoms with Crippen molar-refractivity contribution < 1.29 is 24.2 Å². The van der Waals surface area contributed by atoms with Gasteiger partial charge in [0.2, 0.25) is 5.91 Å². The fourth-order valence-electron chi connectivity index (χ4n) is 3.62. The molecule has 1 amide bonds. The third-order valence-electron chi connectivity index (χ3n) is 4.70. The molecule has 6 heteroatoms. The molecular formula is C17H18NO5-. The number of ether oxygens (including phenoxy) is 2.